The third-order valence-corrected chi connectivity index (χ3v) is 3.57. The summed E-state index contributed by atoms with van der Waals surface area (Å²) < 4.78 is 53.4. The van der Waals surface area contributed by atoms with Gasteiger partial charge in [0, 0.05) is 17.8 Å². The number of nitrogens with one attached hydrogen (secondary N) is 1. The summed E-state index contributed by atoms with van der Waals surface area (Å²) in [6, 6.07) is 4.01. The van der Waals surface area contributed by atoms with Gasteiger partial charge in [0.2, 0.25) is 0 Å². The molecule has 0 amide bonds. The monoisotopic (exact) mass is 389 g/mol. The van der Waals surface area contributed by atoms with E-state index in [-0.39, 0.29) is 10.8 Å². The average Bonchev–Trinajstić information content (AvgIpc) is 2.61. The van der Waals surface area contributed by atoms with Gasteiger partial charge in [0.05, 0.1) is 38.1 Å². The number of hydrazone groups is 1. The summed E-state index contributed by atoms with van der Waals surface area (Å²) in [5.74, 6) is 1.37. The fourth-order valence-electron chi connectivity index (χ4n) is 1.99. The van der Waals surface area contributed by atoms with Crippen LogP contribution in [0.1, 0.15) is 11.1 Å². The van der Waals surface area contributed by atoms with Gasteiger partial charge in [0.1, 0.15) is 5.75 Å². The zero-order chi connectivity index (χ0) is 19.3. The van der Waals surface area contributed by atoms with E-state index >= 15 is 0 Å². The molecule has 2 aromatic rings. The Labute approximate surface area is 152 Å². The molecule has 0 unspecified atom stereocenters. The molecule has 2 rings (SSSR count). The van der Waals surface area contributed by atoms with Gasteiger partial charge in [-0.25, -0.2) is 4.98 Å². The van der Waals surface area contributed by atoms with Gasteiger partial charge in [-0.2, -0.15) is 18.3 Å². The van der Waals surface area contributed by atoms with Crippen LogP contribution >= 0.6 is 11.6 Å². The van der Waals surface area contributed by atoms with Crippen LogP contribution in [0.25, 0.3) is 0 Å². The lowest BCUT2D eigenvalue weighted by Gasteiger charge is -2.12. The quantitative estimate of drug-likeness (QED) is 0.591. The molecule has 0 fully saturated rings. The minimum absolute atomic E-state index is 0.0182. The number of ether oxygens (including phenoxy) is 3. The van der Waals surface area contributed by atoms with Crippen LogP contribution in [-0.2, 0) is 6.18 Å². The lowest BCUT2D eigenvalue weighted by atomic mass is 10.2. The standard InChI is InChI=1S/C16H15ClF3N3O3/c1-24-12-6-14(26-3)13(25-2)4-9(12)7-22-23-15-11(17)5-10(8-21-15)16(18,19)20/h4-8H,1-3H3,(H,21,23)/b22-7-. The number of nitrogens with zero attached hydrogens (tertiary/aromatic N) is 2. The largest absolute Gasteiger partial charge is 0.496 e. The Hall–Kier alpha value is -2.68. The van der Waals surface area contributed by atoms with Crippen molar-refractivity contribution in [2.75, 3.05) is 26.8 Å². The zero-order valence-electron chi connectivity index (χ0n) is 14.0. The molecule has 1 heterocycles. The molecule has 1 N–H and O–H groups in total. The van der Waals surface area contributed by atoms with Crippen LogP contribution in [0.4, 0.5) is 19.0 Å². The Balaban J connectivity index is 2.23. The minimum Gasteiger partial charge on any atom is -0.496 e. The number of aromatic nitrogens is 1. The molecule has 0 aliphatic heterocycles. The molecule has 0 saturated carbocycles. The second-order valence-corrected chi connectivity index (χ2v) is 5.28. The van der Waals surface area contributed by atoms with Crippen LogP contribution in [-0.4, -0.2) is 32.5 Å². The molecule has 1 aromatic heterocycles. The fourth-order valence-corrected chi connectivity index (χ4v) is 2.20. The van der Waals surface area contributed by atoms with Gasteiger partial charge >= 0.3 is 6.18 Å². The number of benzene rings is 1. The van der Waals surface area contributed by atoms with E-state index in [4.69, 9.17) is 25.8 Å². The molecule has 1 aromatic carbocycles. The average molecular weight is 390 g/mol. The zero-order valence-corrected chi connectivity index (χ0v) is 14.8. The van der Waals surface area contributed by atoms with Crippen molar-refractivity contribution in [3.8, 4) is 17.2 Å². The summed E-state index contributed by atoms with van der Waals surface area (Å²) in [6.45, 7) is 0. The van der Waals surface area contributed by atoms with Crippen LogP contribution in [0.3, 0.4) is 0 Å². The summed E-state index contributed by atoms with van der Waals surface area (Å²) in [5, 5.41) is 3.71. The number of halogens is 4. The molecule has 0 radical (unpaired) electrons. The number of hydrogen-bond donors (Lipinski definition) is 1. The van der Waals surface area contributed by atoms with E-state index in [1.807, 2.05) is 0 Å². The Morgan fingerprint density at radius 3 is 2.19 bits per heavy atom. The van der Waals surface area contributed by atoms with E-state index in [2.05, 4.69) is 15.5 Å². The van der Waals surface area contributed by atoms with Crippen LogP contribution in [0.2, 0.25) is 5.02 Å². The van der Waals surface area contributed by atoms with E-state index in [0.29, 0.717) is 29.0 Å². The highest BCUT2D eigenvalue weighted by atomic mass is 35.5. The maximum absolute atomic E-state index is 12.6. The molecule has 0 bridgehead atoms. The predicted octanol–water partition coefficient (Wildman–Crippen LogP) is 4.23. The molecule has 6 nitrogen and oxygen atoms in total. The summed E-state index contributed by atoms with van der Waals surface area (Å²) in [5.41, 5.74) is 2.09. The molecule has 0 aliphatic rings. The van der Waals surface area contributed by atoms with Crippen LogP contribution in [0, 0.1) is 0 Å². The summed E-state index contributed by atoms with van der Waals surface area (Å²) >= 11 is 5.80. The van der Waals surface area contributed by atoms with Gasteiger partial charge in [-0.1, -0.05) is 11.6 Å². The lowest BCUT2D eigenvalue weighted by Crippen LogP contribution is -2.06. The first-order valence-electron chi connectivity index (χ1n) is 7.12. The molecule has 0 aliphatic carbocycles. The number of hydrogen-bond acceptors (Lipinski definition) is 6. The van der Waals surface area contributed by atoms with Crippen LogP contribution < -0.4 is 19.6 Å². The topological polar surface area (TPSA) is 65.0 Å². The van der Waals surface area contributed by atoms with Gasteiger partial charge in [-0.15, -0.1) is 0 Å². The highest BCUT2D eigenvalue weighted by Crippen LogP contribution is 2.34. The maximum Gasteiger partial charge on any atom is 0.417 e. The SMILES string of the molecule is COc1cc(OC)c(OC)cc1/C=N\Nc1ncc(C(F)(F)F)cc1Cl. The van der Waals surface area contributed by atoms with Crippen molar-refractivity contribution in [3.63, 3.8) is 0 Å². The van der Waals surface area contributed by atoms with Crippen molar-refractivity contribution < 1.29 is 27.4 Å². The first-order valence-corrected chi connectivity index (χ1v) is 7.49. The van der Waals surface area contributed by atoms with E-state index in [1.165, 1.54) is 27.5 Å². The molecule has 0 saturated heterocycles. The van der Waals surface area contributed by atoms with E-state index in [1.54, 1.807) is 12.1 Å². The highest BCUT2D eigenvalue weighted by molar-refractivity contribution is 6.32. The van der Waals surface area contributed by atoms with Crippen molar-refractivity contribution in [2.24, 2.45) is 5.10 Å². The number of alkyl halides is 3. The second-order valence-electron chi connectivity index (χ2n) is 4.87. The Morgan fingerprint density at radius 1 is 1.04 bits per heavy atom. The summed E-state index contributed by atoms with van der Waals surface area (Å²) in [6.07, 6.45) is -2.47. The molecule has 140 valence electrons. The first-order chi connectivity index (χ1) is 12.3. The molecular formula is C16H15ClF3N3O3. The number of pyridine rings is 1. The minimum atomic E-state index is -4.52. The van der Waals surface area contributed by atoms with Gasteiger partial charge in [0.15, 0.2) is 17.3 Å². The summed E-state index contributed by atoms with van der Waals surface area (Å²) in [4.78, 5) is 3.63. The Kier molecular flexibility index (Phi) is 6.14. The number of rotatable bonds is 6. The molecule has 10 heteroatoms. The third kappa shape index (κ3) is 4.48. The van der Waals surface area contributed by atoms with Gasteiger partial charge in [-0.3, -0.25) is 5.43 Å². The second kappa shape index (κ2) is 8.13. The van der Waals surface area contributed by atoms with Crippen molar-refractivity contribution >= 4 is 23.6 Å². The Bertz CT molecular complexity index is 813. The van der Waals surface area contributed by atoms with Gasteiger partial charge in [-0.05, 0) is 12.1 Å². The predicted molar refractivity (Wildman–Crippen MR) is 91.6 cm³/mol. The first kappa shape index (κ1) is 19.6. The van der Waals surface area contributed by atoms with Crippen LogP contribution in [0.15, 0.2) is 29.5 Å². The third-order valence-electron chi connectivity index (χ3n) is 3.28. The van der Waals surface area contributed by atoms with E-state index in [0.717, 1.165) is 6.07 Å². The fraction of sp³-hybridized carbons (Fsp3) is 0.250. The normalized spacial score (nSPS) is 11.5. The molecule has 0 atom stereocenters. The lowest BCUT2D eigenvalue weighted by molar-refractivity contribution is -0.137. The number of methoxy groups -OCH3 is 3. The molecular weight excluding hydrogens is 375 g/mol. The van der Waals surface area contributed by atoms with Crippen molar-refractivity contribution in [1.82, 2.24) is 4.98 Å². The van der Waals surface area contributed by atoms with Crippen molar-refractivity contribution in [2.45, 2.75) is 6.18 Å². The molecule has 26 heavy (non-hydrogen) atoms. The smallest absolute Gasteiger partial charge is 0.417 e. The van der Waals surface area contributed by atoms with E-state index in [9.17, 15) is 13.2 Å². The Morgan fingerprint density at radius 2 is 1.65 bits per heavy atom. The van der Waals surface area contributed by atoms with Crippen molar-refractivity contribution in [3.05, 3.63) is 40.5 Å². The summed E-state index contributed by atoms with van der Waals surface area (Å²) in [7, 11) is 4.45. The highest BCUT2D eigenvalue weighted by Gasteiger charge is 2.31. The van der Waals surface area contributed by atoms with Gasteiger partial charge < -0.3 is 14.2 Å². The van der Waals surface area contributed by atoms with Crippen LogP contribution in [0.5, 0.6) is 17.2 Å². The van der Waals surface area contributed by atoms with E-state index < -0.39 is 11.7 Å². The van der Waals surface area contributed by atoms with Gasteiger partial charge in [0.25, 0.3) is 0 Å². The maximum atomic E-state index is 12.6. The van der Waals surface area contributed by atoms with Crippen molar-refractivity contribution in [1.29, 1.82) is 0 Å². The number of anilines is 1. The molecule has 0 spiro atoms.